The molecule has 1 fully saturated rings. The molecule has 0 spiro atoms. The second kappa shape index (κ2) is 4.68. The van der Waals surface area contributed by atoms with E-state index in [0.29, 0.717) is 0 Å². The number of hydrogen-bond donors (Lipinski definition) is 0. The molecular weight excluding hydrogens is 265 g/mol. The normalized spacial score (nSPS) is 20.0. The number of nitrogens with zero attached hydrogens (tertiary/aromatic N) is 3. The van der Waals surface area contributed by atoms with Crippen LogP contribution < -0.4 is 5.46 Å². The summed E-state index contributed by atoms with van der Waals surface area (Å²) in [4.78, 5) is 4.29. The Morgan fingerprint density at radius 1 is 1.05 bits per heavy atom. The Kier molecular flexibility index (Phi) is 3.18. The fourth-order valence-corrected chi connectivity index (χ4v) is 2.17. The lowest BCUT2D eigenvalue weighted by Crippen LogP contribution is -2.41. The van der Waals surface area contributed by atoms with Gasteiger partial charge in [-0.1, -0.05) is 0 Å². The number of rotatable bonds is 2. The van der Waals surface area contributed by atoms with Crippen LogP contribution in [0.1, 0.15) is 33.4 Å². The average Bonchev–Trinajstić information content (AvgIpc) is 2.94. The number of hydrogen-bond acceptors (Lipinski definition) is 4. The van der Waals surface area contributed by atoms with Crippen molar-refractivity contribution in [3.05, 3.63) is 36.4 Å². The van der Waals surface area contributed by atoms with E-state index in [0.717, 1.165) is 16.8 Å². The summed E-state index contributed by atoms with van der Waals surface area (Å²) in [5, 5.41) is 4.37. The van der Waals surface area contributed by atoms with Gasteiger partial charge in [-0.25, -0.2) is 4.68 Å². The van der Waals surface area contributed by atoms with Gasteiger partial charge in [0.25, 0.3) is 0 Å². The fraction of sp³-hybridized carbons (Fsp3) is 0.467. The molecule has 3 rings (SSSR count). The summed E-state index contributed by atoms with van der Waals surface area (Å²) in [5.41, 5.74) is 2.13. The van der Waals surface area contributed by atoms with Crippen molar-refractivity contribution in [2.45, 2.75) is 45.8 Å². The topological polar surface area (TPSA) is 49.2 Å². The van der Waals surface area contributed by atoms with Gasteiger partial charge in [0.15, 0.2) is 0 Å². The summed E-state index contributed by atoms with van der Waals surface area (Å²) >= 11 is 0. The van der Waals surface area contributed by atoms with Crippen LogP contribution in [0, 0.1) is 6.92 Å². The Bertz CT molecular complexity index is 633. The third-order valence-electron chi connectivity index (χ3n) is 4.29. The molecule has 0 amide bonds. The van der Waals surface area contributed by atoms with E-state index in [1.165, 1.54) is 0 Å². The van der Waals surface area contributed by atoms with Crippen molar-refractivity contribution >= 4 is 12.6 Å². The predicted molar refractivity (Wildman–Crippen MR) is 81.8 cm³/mol. The van der Waals surface area contributed by atoms with E-state index in [1.54, 1.807) is 17.1 Å². The van der Waals surface area contributed by atoms with Crippen LogP contribution in [0.15, 0.2) is 30.7 Å². The molecule has 110 valence electrons. The largest absolute Gasteiger partial charge is 0.498 e. The van der Waals surface area contributed by atoms with E-state index >= 15 is 0 Å². The van der Waals surface area contributed by atoms with E-state index in [4.69, 9.17) is 9.31 Å². The van der Waals surface area contributed by atoms with Gasteiger partial charge in [-0.05, 0) is 46.8 Å². The summed E-state index contributed by atoms with van der Waals surface area (Å²) in [6.45, 7) is 10.1. The molecule has 21 heavy (non-hydrogen) atoms. The van der Waals surface area contributed by atoms with Crippen LogP contribution in [0.25, 0.3) is 5.69 Å². The van der Waals surface area contributed by atoms with E-state index in [9.17, 15) is 0 Å². The summed E-state index contributed by atoms with van der Waals surface area (Å²) in [6.07, 6.45) is 5.51. The molecule has 0 N–H and O–H groups in total. The zero-order valence-electron chi connectivity index (χ0n) is 13.1. The minimum atomic E-state index is -0.387. The van der Waals surface area contributed by atoms with Crippen molar-refractivity contribution in [1.29, 1.82) is 0 Å². The first-order chi connectivity index (χ1) is 9.78. The lowest BCUT2D eigenvalue weighted by Gasteiger charge is -2.32. The molecule has 2 aromatic rings. The summed E-state index contributed by atoms with van der Waals surface area (Å²) in [5.74, 6) is 0. The zero-order chi connectivity index (χ0) is 15.3. The molecule has 3 heterocycles. The van der Waals surface area contributed by atoms with E-state index in [1.807, 2.05) is 52.9 Å². The van der Waals surface area contributed by atoms with Gasteiger partial charge >= 0.3 is 7.12 Å². The smallest absolute Gasteiger partial charge is 0.399 e. The van der Waals surface area contributed by atoms with Crippen molar-refractivity contribution < 1.29 is 9.31 Å². The van der Waals surface area contributed by atoms with Crippen molar-refractivity contribution in [3.8, 4) is 5.69 Å². The van der Waals surface area contributed by atoms with Gasteiger partial charge in [-0.2, -0.15) is 5.10 Å². The quantitative estimate of drug-likeness (QED) is 0.790. The Hall–Kier alpha value is -1.66. The first kappa shape index (κ1) is 14.3. The molecule has 6 heteroatoms. The van der Waals surface area contributed by atoms with Gasteiger partial charge < -0.3 is 9.31 Å². The molecule has 0 aliphatic carbocycles. The maximum Gasteiger partial charge on any atom is 0.498 e. The van der Waals surface area contributed by atoms with Crippen LogP contribution in [-0.2, 0) is 9.31 Å². The Morgan fingerprint density at radius 2 is 1.71 bits per heavy atom. The Labute approximate surface area is 125 Å². The zero-order valence-corrected chi connectivity index (χ0v) is 13.1. The molecule has 1 aliphatic heterocycles. The maximum absolute atomic E-state index is 6.03. The highest BCUT2D eigenvalue weighted by Gasteiger charge is 2.52. The predicted octanol–water partition coefficient (Wildman–Crippen LogP) is 1.87. The van der Waals surface area contributed by atoms with Crippen LogP contribution in [0.4, 0.5) is 0 Å². The van der Waals surface area contributed by atoms with E-state index in [-0.39, 0.29) is 18.3 Å². The molecule has 1 saturated heterocycles. The molecule has 0 saturated carbocycles. The molecule has 2 aromatic heterocycles. The van der Waals surface area contributed by atoms with Crippen LogP contribution in [0.5, 0.6) is 0 Å². The first-order valence-corrected chi connectivity index (χ1v) is 7.12. The summed E-state index contributed by atoms with van der Waals surface area (Å²) in [7, 11) is -0.387. The van der Waals surface area contributed by atoms with Gasteiger partial charge in [0.2, 0.25) is 0 Å². The van der Waals surface area contributed by atoms with Gasteiger partial charge in [0, 0.05) is 23.6 Å². The third-order valence-corrected chi connectivity index (χ3v) is 4.29. The van der Waals surface area contributed by atoms with E-state index in [2.05, 4.69) is 10.1 Å². The Balaban J connectivity index is 1.85. The average molecular weight is 285 g/mol. The van der Waals surface area contributed by atoms with E-state index < -0.39 is 0 Å². The monoisotopic (exact) mass is 285 g/mol. The van der Waals surface area contributed by atoms with Crippen LogP contribution >= 0.6 is 0 Å². The van der Waals surface area contributed by atoms with Crippen LogP contribution in [0.3, 0.4) is 0 Å². The fourth-order valence-electron chi connectivity index (χ4n) is 2.17. The molecule has 0 unspecified atom stereocenters. The van der Waals surface area contributed by atoms with Gasteiger partial charge in [-0.3, -0.25) is 4.98 Å². The lowest BCUT2D eigenvalue weighted by atomic mass is 9.82. The highest BCUT2D eigenvalue weighted by atomic mass is 16.7. The molecule has 0 bridgehead atoms. The second-order valence-electron chi connectivity index (χ2n) is 6.46. The molecule has 0 aromatic carbocycles. The molecule has 1 aliphatic rings. The molecule has 0 atom stereocenters. The number of pyridine rings is 1. The highest BCUT2D eigenvalue weighted by molar-refractivity contribution is 6.62. The molecule has 5 nitrogen and oxygen atoms in total. The highest BCUT2D eigenvalue weighted by Crippen LogP contribution is 2.36. The first-order valence-electron chi connectivity index (χ1n) is 7.12. The van der Waals surface area contributed by atoms with Crippen molar-refractivity contribution in [2.24, 2.45) is 0 Å². The van der Waals surface area contributed by atoms with Crippen LogP contribution in [-0.4, -0.2) is 33.1 Å². The SMILES string of the molecule is Cc1ccc(-n2cc(B3OC(C)(C)C(C)(C)O3)cn2)cn1. The van der Waals surface area contributed by atoms with Gasteiger partial charge in [0.1, 0.15) is 0 Å². The molecular formula is C15H20BN3O2. The minimum Gasteiger partial charge on any atom is -0.399 e. The maximum atomic E-state index is 6.03. The Morgan fingerprint density at radius 3 is 2.29 bits per heavy atom. The van der Waals surface area contributed by atoms with Crippen molar-refractivity contribution in [2.75, 3.05) is 0 Å². The third kappa shape index (κ3) is 2.49. The van der Waals surface area contributed by atoms with Crippen molar-refractivity contribution in [1.82, 2.24) is 14.8 Å². The molecule has 0 radical (unpaired) electrons. The lowest BCUT2D eigenvalue weighted by molar-refractivity contribution is 0.00578. The van der Waals surface area contributed by atoms with Crippen LogP contribution in [0.2, 0.25) is 0 Å². The number of aromatic nitrogens is 3. The second-order valence-corrected chi connectivity index (χ2v) is 6.46. The van der Waals surface area contributed by atoms with Gasteiger partial charge in [-0.15, -0.1) is 0 Å². The minimum absolute atomic E-state index is 0.342. The van der Waals surface area contributed by atoms with Gasteiger partial charge in [0.05, 0.1) is 23.1 Å². The number of aryl methyl sites for hydroxylation is 1. The summed E-state index contributed by atoms with van der Waals surface area (Å²) in [6, 6.07) is 3.95. The van der Waals surface area contributed by atoms with Crippen molar-refractivity contribution in [3.63, 3.8) is 0 Å². The summed E-state index contributed by atoms with van der Waals surface area (Å²) < 4.78 is 13.8. The standard InChI is InChI=1S/C15H20BN3O2/c1-11-6-7-13(9-17-11)19-10-12(8-18-19)16-20-14(2,3)15(4,5)21-16/h6-10H,1-5H3.